The van der Waals surface area contributed by atoms with E-state index in [9.17, 15) is 27.2 Å². The third kappa shape index (κ3) is 6.87. The van der Waals surface area contributed by atoms with Crippen molar-refractivity contribution >= 4 is 29.0 Å². The van der Waals surface area contributed by atoms with Gasteiger partial charge in [0.2, 0.25) is 11.7 Å². The Morgan fingerprint density at radius 3 is 2.62 bits per heavy atom. The maximum Gasteiger partial charge on any atom is 0.387 e. The Balaban J connectivity index is 1.14. The van der Waals surface area contributed by atoms with Crippen LogP contribution in [0.5, 0.6) is 5.75 Å². The summed E-state index contributed by atoms with van der Waals surface area (Å²) >= 11 is 0. The molecule has 47 heavy (non-hydrogen) atoms. The van der Waals surface area contributed by atoms with Crippen LogP contribution in [0.1, 0.15) is 42.1 Å². The first kappa shape index (κ1) is 32.2. The average molecular weight is 654 g/mol. The number of carbonyl (C=O) groups is 2. The molecule has 4 aromatic rings. The monoisotopic (exact) mass is 653 g/mol. The lowest BCUT2D eigenvalue weighted by atomic mass is 9.94. The van der Waals surface area contributed by atoms with Crippen LogP contribution in [0.15, 0.2) is 48.9 Å². The van der Waals surface area contributed by atoms with Gasteiger partial charge in [0.05, 0.1) is 11.9 Å². The van der Waals surface area contributed by atoms with Gasteiger partial charge in [0.1, 0.15) is 0 Å². The van der Waals surface area contributed by atoms with Crippen molar-refractivity contribution in [3.05, 3.63) is 71.7 Å². The van der Waals surface area contributed by atoms with Gasteiger partial charge in [-0.05, 0) is 80.6 Å². The van der Waals surface area contributed by atoms with E-state index in [0.717, 1.165) is 37.2 Å². The second-order valence-electron chi connectivity index (χ2n) is 11.8. The Morgan fingerprint density at radius 2 is 1.89 bits per heavy atom. The zero-order valence-electron chi connectivity index (χ0n) is 25.7. The summed E-state index contributed by atoms with van der Waals surface area (Å²) in [6.07, 6.45) is 7.20. The molecule has 0 radical (unpaired) electrons. The second kappa shape index (κ2) is 14.0. The molecule has 2 aromatic heterocycles. The number of alkyl halides is 2. The van der Waals surface area contributed by atoms with E-state index < -0.39 is 24.0 Å². The van der Waals surface area contributed by atoms with Gasteiger partial charge in [0, 0.05) is 54.8 Å². The summed E-state index contributed by atoms with van der Waals surface area (Å²) in [6, 6.07) is 7.45. The van der Waals surface area contributed by atoms with Gasteiger partial charge in [-0.25, -0.2) is 14.4 Å². The van der Waals surface area contributed by atoms with Crippen molar-refractivity contribution in [1.29, 1.82) is 0 Å². The molecule has 0 spiro atoms. The number of rotatable bonds is 10. The molecule has 6 rings (SSSR count). The van der Waals surface area contributed by atoms with Gasteiger partial charge in [-0.1, -0.05) is 6.92 Å². The van der Waals surface area contributed by atoms with Crippen LogP contribution in [0, 0.1) is 23.5 Å². The zero-order chi connectivity index (χ0) is 33.1. The van der Waals surface area contributed by atoms with Crippen LogP contribution in [0.3, 0.4) is 0 Å². The van der Waals surface area contributed by atoms with E-state index in [4.69, 9.17) is 0 Å². The van der Waals surface area contributed by atoms with Crippen molar-refractivity contribution in [3.8, 4) is 17.0 Å². The number of hydrogen-bond acceptors (Lipinski definition) is 7. The van der Waals surface area contributed by atoms with Gasteiger partial charge >= 0.3 is 6.61 Å². The Hall–Kier alpha value is -4.72. The van der Waals surface area contributed by atoms with Crippen LogP contribution in [0.2, 0.25) is 0 Å². The largest absolute Gasteiger partial charge is 0.432 e. The van der Waals surface area contributed by atoms with E-state index in [2.05, 4.69) is 30.7 Å². The van der Waals surface area contributed by atoms with Gasteiger partial charge in [-0.15, -0.1) is 0 Å². The number of nitrogens with zero attached hydrogens (tertiary/aromatic N) is 4. The fourth-order valence-electron chi connectivity index (χ4n) is 6.23. The molecule has 2 aromatic carbocycles. The maximum atomic E-state index is 14.9. The first-order chi connectivity index (χ1) is 22.7. The topological polar surface area (TPSA) is 113 Å². The van der Waals surface area contributed by atoms with Crippen LogP contribution in [0.4, 0.5) is 29.1 Å². The molecular formula is C33H35F4N7O3. The molecule has 2 saturated heterocycles. The van der Waals surface area contributed by atoms with Crippen molar-refractivity contribution in [2.75, 3.05) is 38.0 Å². The second-order valence-corrected chi connectivity index (χ2v) is 11.8. The van der Waals surface area contributed by atoms with Crippen LogP contribution < -0.4 is 20.7 Å². The summed E-state index contributed by atoms with van der Waals surface area (Å²) in [5.41, 5.74) is 2.33. The summed E-state index contributed by atoms with van der Waals surface area (Å²) < 4.78 is 60.0. The number of amides is 2. The molecule has 0 aliphatic carbocycles. The lowest BCUT2D eigenvalue weighted by Gasteiger charge is -2.32. The third-order valence-electron chi connectivity index (χ3n) is 8.83. The third-order valence-corrected chi connectivity index (χ3v) is 8.83. The van der Waals surface area contributed by atoms with E-state index in [-0.39, 0.29) is 29.0 Å². The number of ether oxygens (including phenoxy) is 1. The average Bonchev–Trinajstić information content (AvgIpc) is 3.76. The van der Waals surface area contributed by atoms with Crippen molar-refractivity contribution in [2.45, 2.75) is 39.2 Å². The minimum absolute atomic E-state index is 0.0663. The molecule has 4 heterocycles. The highest BCUT2D eigenvalue weighted by atomic mass is 19.3. The Labute approximate surface area is 268 Å². The number of benzene rings is 2. The molecular weight excluding hydrogens is 618 g/mol. The van der Waals surface area contributed by atoms with E-state index in [1.165, 1.54) is 23.0 Å². The molecule has 248 valence electrons. The normalized spacial score (nSPS) is 17.0. The number of nitrogens with one attached hydrogen (secondary N) is 3. The molecule has 1 unspecified atom stereocenters. The number of likely N-dealkylation sites (tertiary alicyclic amines) is 1. The lowest BCUT2D eigenvalue weighted by Crippen LogP contribution is -2.44. The molecule has 14 heteroatoms. The van der Waals surface area contributed by atoms with Gasteiger partial charge in [0.25, 0.3) is 5.91 Å². The number of anilines is 2. The molecule has 2 fully saturated rings. The quantitative estimate of drug-likeness (QED) is 0.203. The smallest absolute Gasteiger partial charge is 0.387 e. The summed E-state index contributed by atoms with van der Waals surface area (Å²) in [4.78, 5) is 36.7. The van der Waals surface area contributed by atoms with Gasteiger partial charge in [-0.2, -0.15) is 13.2 Å². The number of fused-ring (bicyclic) bond motifs is 1. The van der Waals surface area contributed by atoms with Crippen molar-refractivity contribution in [3.63, 3.8) is 0 Å². The van der Waals surface area contributed by atoms with Crippen molar-refractivity contribution in [2.24, 2.45) is 11.8 Å². The Morgan fingerprint density at radius 1 is 1.09 bits per heavy atom. The van der Waals surface area contributed by atoms with Crippen LogP contribution in [-0.4, -0.2) is 70.4 Å². The summed E-state index contributed by atoms with van der Waals surface area (Å²) in [7, 11) is 0. The highest BCUT2D eigenvalue weighted by Gasteiger charge is 2.29. The number of halogens is 4. The van der Waals surface area contributed by atoms with Crippen LogP contribution in [-0.2, 0) is 11.2 Å². The van der Waals surface area contributed by atoms with Crippen LogP contribution >= 0.6 is 0 Å². The molecule has 2 aliphatic heterocycles. The highest BCUT2D eigenvalue weighted by molar-refractivity contribution is 5.96. The van der Waals surface area contributed by atoms with E-state index in [1.54, 1.807) is 17.0 Å². The van der Waals surface area contributed by atoms with E-state index >= 15 is 0 Å². The standard InChI is InChI=1S/C33H35F4N7O3/c1-2-20-15-22(3-4-23(20)32(46)43-12-8-21(9-13-43)31(45)41-17-19-7-10-38-16-19)42-29-30-40-18-25(44(30)14-11-39-29)24-5-6-26(47-33(36)37)28(35)27(24)34/h3-6,11,14-15,18-19,21,33,38H,2,7-10,12-13,16-17H2,1H3,(H,39,42)(H,41,45). The number of hydrogen-bond donors (Lipinski definition) is 3. The van der Waals surface area contributed by atoms with Crippen LogP contribution in [0.25, 0.3) is 16.9 Å². The maximum absolute atomic E-state index is 14.9. The minimum Gasteiger partial charge on any atom is -0.432 e. The SMILES string of the molecule is CCc1cc(Nc2nccn3c(-c4ccc(OC(F)F)c(F)c4F)cnc23)ccc1C(=O)N1CCC(C(=O)NCC2CCNC2)CC1. The fourth-order valence-corrected chi connectivity index (χ4v) is 6.23. The molecule has 3 N–H and O–H groups in total. The molecule has 2 amide bonds. The fraction of sp³-hybridized carbons (Fsp3) is 0.394. The number of aryl methyl sites for hydroxylation is 1. The first-order valence-corrected chi connectivity index (χ1v) is 15.7. The van der Waals surface area contributed by atoms with E-state index in [1.807, 2.05) is 13.0 Å². The first-order valence-electron chi connectivity index (χ1n) is 15.7. The van der Waals surface area contributed by atoms with Crippen molar-refractivity contribution < 1.29 is 31.9 Å². The number of piperidine rings is 1. The summed E-state index contributed by atoms with van der Waals surface area (Å²) in [5.74, 6) is -3.10. The van der Waals surface area contributed by atoms with Gasteiger partial charge in [-0.3, -0.25) is 14.0 Å². The van der Waals surface area contributed by atoms with E-state index in [0.29, 0.717) is 67.5 Å². The van der Waals surface area contributed by atoms with Crippen molar-refractivity contribution in [1.82, 2.24) is 29.9 Å². The lowest BCUT2D eigenvalue weighted by molar-refractivity contribution is -0.126. The van der Waals surface area contributed by atoms with Gasteiger partial charge in [0.15, 0.2) is 23.0 Å². The molecule has 2 aliphatic rings. The zero-order valence-corrected chi connectivity index (χ0v) is 25.7. The number of carbonyl (C=O) groups excluding carboxylic acids is 2. The Bertz CT molecular complexity index is 1770. The van der Waals surface area contributed by atoms with Gasteiger partial charge < -0.3 is 25.6 Å². The predicted molar refractivity (Wildman–Crippen MR) is 167 cm³/mol. The Kier molecular flexibility index (Phi) is 9.57. The molecule has 10 nitrogen and oxygen atoms in total. The minimum atomic E-state index is -3.30. The highest BCUT2D eigenvalue weighted by Crippen LogP contribution is 2.32. The molecule has 1 atom stereocenters. The predicted octanol–water partition coefficient (Wildman–Crippen LogP) is 5.16. The molecule has 0 saturated carbocycles. The molecule has 0 bridgehead atoms. The summed E-state index contributed by atoms with van der Waals surface area (Å²) in [6.45, 7) is 2.28. The summed E-state index contributed by atoms with van der Waals surface area (Å²) in [5, 5.41) is 9.60. The number of imidazole rings is 1. The number of aromatic nitrogens is 3.